The highest BCUT2D eigenvalue weighted by Gasteiger charge is 2.20. The molecule has 0 fully saturated rings. The molecule has 0 radical (unpaired) electrons. The van der Waals surface area contributed by atoms with Crippen LogP contribution < -0.4 is 10.9 Å². The molecule has 0 amide bonds. The number of H-pyrrole nitrogens is 1. The summed E-state index contributed by atoms with van der Waals surface area (Å²) in [4.78, 5) is 7.68. The van der Waals surface area contributed by atoms with Gasteiger partial charge < -0.3 is 10.4 Å². The minimum absolute atomic E-state index is 0.0629. The Morgan fingerprint density at radius 3 is 2.72 bits per heavy atom. The van der Waals surface area contributed by atoms with E-state index in [0.29, 0.717) is 11.1 Å². The van der Waals surface area contributed by atoms with Crippen LogP contribution in [0.5, 0.6) is 0 Å². The number of hydrogen-bond acceptors (Lipinski definition) is 3. The highest BCUT2D eigenvalue weighted by Crippen LogP contribution is 2.38. The first-order valence-electron chi connectivity index (χ1n) is 8.09. The number of aromatic amines is 1. The van der Waals surface area contributed by atoms with Crippen LogP contribution in [0.1, 0.15) is 5.56 Å². The third-order valence-corrected chi connectivity index (χ3v) is 4.72. The fraction of sp³-hybridized carbons (Fsp3) is 0.105. The lowest BCUT2D eigenvalue weighted by Gasteiger charge is -2.18. The molecule has 0 atom stereocenters. The molecule has 0 bridgehead atoms. The average molecular weight is 336 g/mol. The summed E-state index contributed by atoms with van der Waals surface area (Å²) in [5, 5.41) is 1.79. The van der Waals surface area contributed by atoms with Crippen LogP contribution in [-0.2, 0) is 6.42 Å². The van der Waals surface area contributed by atoms with Crippen molar-refractivity contribution in [3.63, 3.8) is 0 Å². The van der Waals surface area contributed by atoms with Crippen LogP contribution in [0.2, 0.25) is 0 Å². The first kappa shape index (κ1) is 14.4. The second-order valence-electron chi connectivity index (χ2n) is 6.15. The van der Waals surface area contributed by atoms with Gasteiger partial charge in [-0.3, -0.25) is 4.98 Å². The van der Waals surface area contributed by atoms with Gasteiger partial charge in [-0.05, 0) is 24.1 Å². The number of hydrazine groups is 1. The number of aromatic nitrogens is 2. The van der Waals surface area contributed by atoms with E-state index in [4.69, 9.17) is 0 Å². The van der Waals surface area contributed by atoms with Crippen molar-refractivity contribution in [3.8, 4) is 11.1 Å². The lowest BCUT2D eigenvalue weighted by Crippen LogP contribution is -2.29. The Morgan fingerprint density at radius 1 is 1.04 bits per heavy atom. The lowest BCUT2D eigenvalue weighted by molar-refractivity contribution is 0.590. The molecular formula is C19H14F2N4. The molecular weight excluding hydrogens is 322 g/mol. The van der Waals surface area contributed by atoms with E-state index in [-0.39, 0.29) is 5.56 Å². The Kier molecular flexibility index (Phi) is 3.02. The van der Waals surface area contributed by atoms with Gasteiger partial charge in [0.05, 0.1) is 22.3 Å². The molecule has 0 unspecified atom stereocenters. The SMILES string of the molecule is Fc1cccc(F)c1-c1c[nH]c2c3c(ccc4cnc1c42)CCNN3. The van der Waals surface area contributed by atoms with Crippen molar-refractivity contribution in [3.05, 3.63) is 59.9 Å². The summed E-state index contributed by atoms with van der Waals surface area (Å²) in [6.45, 7) is 0.841. The molecule has 4 aromatic rings. The summed E-state index contributed by atoms with van der Waals surface area (Å²) < 4.78 is 28.6. The van der Waals surface area contributed by atoms with Crippen molar-refractivity contribution in [2.75, 3.05) is 12.0 Å². The van der Waals surface area contributed by atoms with E-state index in [1.165, 1.54) is 23.8 Å². The molecule has 2 aromatic carbocycles. The first-order chi connectivity index (χ1) is 12.2. The highest BCUT2D eigenvalue weighted by atomic mass is 19.1. The third kappa shape index (κ3) is 2.04. The summed E-state index contributed by atoms with van der Waals surface area (Å²) in [6, 6.07) is 7.94. The van der Waals surface area contributed by atoms with Crippen molar-refractivity contribution >= 4 is 27.5 Å². The molecule has 0 spiro atoms. The average Bonchev–Trinajstić information content (AvgIpc) is 2.97. The van der Waals surface area contributed by atoms with E-state index in [0.717, 1.165) is 34.9 Å². The molecule has 4 nitrogen and oxygen atoms in total. The normalized spacial score (nSPS) is 13.8. The molecule has 1 aliphatic rings. The van der Waals surface area contributed by atoms with E-state index in [9.17, 15) is 8.78 Å². The first-order valence-corrected chi connectivity index (χ1v) is 8.09. The van der Waals surface area contributed by atoms with E-state index in [2.05, 4.69) is 26.9 Å². The van der Waals surface area contributed by atoms with Gasteiger partial charge >= 0.3 is 0 Å². The van der Waals surface area contributed by atoms with Gasteiger partial charge in [0.1, 0.15) is 11.6 Å². The molecule has 0 saturated heterocycles. The standard InChI is InChI=1S/C19H14F2N4/c20-13-2-1-3-14(21)16(13)12-9-23-19-15-11(8-22-18(12)15)5-4-10-6-7-24-25-17(10)19/h1-5,8-9,23-25H,6-7H2. The number of hydrogen-bond donors (Lipinski definition) is 3. The zero-order valence-electron chi connectivity index (χ0n) is 13.2. The monoisotopic (exact) mass is 336 g/mol. The van der Waals surface area contributed by atoms with E-state index < -0.39 is 11.6 Å². The lowest BCUT2D eigenvalue weighted by atomic mass is 10.0. The van der Waals surface area contributed by atoms with Crippen molar-refractivity contribution in [2.45, 2.75) is 6.42 Å². The summed E-state index contributed by atoms with van der Waals surface area (Å²) in [6.07, 6.45) is 4.27. The van der Waals surface area contributed by atoms with E-state index in [1.807, 2.05) is 6.07 Å². The maximum absolute atomic E-state index is 14.3. The molecule has 0 saturated carbocycles. The minimum Gasteiger partial charge on any atom is -0.359 e. The second-order valence-corrected chi connectivity index (χ2v) is 6.15. The van der Waals surface area contributed by atoms with Gasteiger partial charge in [0, 0.05) is 35.3 Å². The largest absolute Gasteiger partial charge is 0.359 e. The van der Waals surface area contributed by atoms with Crippen LogP contribution in [0, 0.1) is 11.6 Å². The predicted octanol–water partition coefficient (Wildman–Crippen LogP) is 4.13. The number of rotatable bonds is 1. The van der Waals surface area contributed by atoms with E-state index in [1.54, 1.807) is 12.4 Å². The van der Waals surface area contributed by atoms with Gasteiger partial charge in [-0.15, -0.1) is 0 Å². The van der Waals surface area contributed by atoms with Crippen molar-refractivity contribution < 1.29 is 8.78 Å². The fourth-order valence-corrected chi connectivity index (χ4v) is 3.55. The summed E-state index contributed by atoms with van der Waals surface area (Å²) in [7, 11) is 0. The molecule has 124 valence electrons. The van der Waals surface area contributed by atoms with Crippen molar-refractivity contribution in [1.82, 2.24) is 15.4 Å². The summed E-state index contributed by atoms with van der Waals surface area (Å²) in [5.41, 5.74) is 10.3. The third-order valence-electron chi connectivity index (χ3n) is 4.72. The smallest absolute Gasteiger partial charge is 0.134 e. The molecule has 6 heteroatoms. The Morgan fingerprint density at radius 2 is 1.88 bits per heavy atom. The number of nitrogens with one attached hydrogen (secondary N) is 3. The Labute approximate surface area is 141 Å². The Balaban J connectivity index is 1.91. The van der Waals surface area contributed by atoms with Gasteiger partial charge in [-0.1, -0.05) is 18.2 Å². The highest BCUT2D eigenvalue weighted by molar-refractivity contribution is 6.15. The number of halogens is 2. The quantitative estimate of drug-likeness (QED) is 0.490. The second kappa shape index (κ2) is 5.26. The number of pyridine rings is 1. The minimum atomic E-state index is -0.602. The van der Waals surface area contributed by atoms with Crippen molar-refractivity contribution in [1.29, 1.82) is 0 Å². The van der Waals surface area contributed by atoms with Crippen LogP contribution in [0.3, 0.4) is 0 Å². The maximum atomic E-state index is 14.3. The Hall–Kier alpha value is -2.99. The van der Waals surface area contributed by atoms with Gasteiger partial charge in [0.15, 0.2) is 0 Å². The Bertz CT molecular complexity index is 1110. The number of nitrogens with zero attached hydrogens (tertiary/aromatic N) is 1. The van der Waals surface area contributed by atoms with Crippen LogP contribution in [0.15, 0.2) is 42.7 Å². The predicted molar refractivity (Wildman–Crippen MR) is 94.3 cm³/mol. The van der Waals surface area contributed by atoms with Crippen LogP contribution >= 0.6 is 0 Å². The molecule has 25 heavy (non-hydrogen) atoms. The number of anilines is 1. The zero-order valence-corrected chi connectivity index (χ0v) is 13.2. The maximum Gasteiger partial charge on any atom is 0.134 e. The van der Waals surface area contributed by atoms with E-state index >= 15 is 0 Å². The van der Waals surface area contributed by atoms with Crippen LogP contribution in [0.25, 0.3) is 32.9 Å². The van der Waals surface area contributed by atoms with Gasteiger partial charge in [0.25, 0.3) is 0 Å². The summed E-state index contributed by atoms with van der Waals surface area (Å²) in [5.74, 6) is -1.20. The topological polar surface area (TPSA) is 52.7 Å². The molecule has 1 aliphatic heterocycles. The van der Waals surface area contributed by atoms with Gasteiger partial charge in [0.2, 0.25) is 0 Å². The molecule has 0 aliphatic carbocycles. The molecule has 5 rings (SSSR count). The van der Waals surface area contributed by atoms with Crippen molar-refractivity contribution in [2.24, 2.45) is 0 Å². The number of fused-ring (bicyclic) bond motifs is 2. The molecule has 3 heterocycles. The number of benzene rings is 1. The van der Waals surface area contributed by atoms with Gasteiger partial charge in [-0.25, -0.2) is 14.2 Å². The molecule has 2 aromatic heterocycles. The van der Waals surface area contributed by atoms with Gasteiger partial charge in [-0.2, -0.15) is 0 Å². The zero-order chi connectivity index (χ0) is 17.0. The fourth-order valence-electron chi connectivity index (χ4n) is 3.55. The summed E-state index contributed by atoms with van der Waals surface area (Å²) >= 11 is 0. The van der Waals surface area contributed by atoms with Crippen LogP contribution in [0.4, 0.5) is 14.5 Å². The van der Waals surface area contributed by atoms with Crippen LogP contribution in [-0.4, -0.2) is 16.5 Å². The molecule has 3 N–H and O–H groups in total.